The van der Waals surface area contributed by atoms with Gasteiger partial charge in [0.25, 0.3) is 0 Å². The Morgan fingerprint density at radius 2 is 1.90 bits per heavy atom. The number of rotatable bonds is 3. The van der Waals surface area contributed by atoms with Crippen molar-refractivity contribution in [2.45, 2.75) is 90.2 Å². The number of Topliss-reactive ketones (excluding diaryl/α,β-unsaturated/α-hetero) is 1. The lowest BCUT2D eigenvalue weighted by Gasteiger charge is -2.60. The molecule has 0 aliphatic heterocycles. The highest BCUT2D eigenvalue weighted by Gasteiger charge is 2.57. The van der Waals surface area contributed by atoms with Gasteiger partial charge in [0.2, 0.25) is 0 Å². The predicted octanol–water partition coefficient (Wildman–Crippen LogP) is 3.65. The lowest BCUT2D eigenvalue weighted by Crippen LogP contribution is -2.55. The Labute approximate surface area is 173 Å². The molecule has 4 aliphatic rings. The number of carbonyl (C=O) groups excluding carboxylic acids is 1. The van der Waals surface area contributed by atoms with Crippen LogP contribution in [0.25, 0.3) is 0 Å². The zero-order chi connectivity index (χ0) is 20.2. The molecule has 4 fully saturated rings. The number of aromatic nitrogens is 4. The molecule has 5 rings (SSSR count). The van der Waals surface area contributed by atoms with E-state index in [4.69, 9.17) is 0 Å². The van der Waals surface area contributed by atoms with E-state index >= 15 is 0 Å². The molecular formula is C23H36N4O2. The predicted molar refractivity (Wildman–Crippen MR) is 109 cm³/mol. The van der Waals surface area contributed by atoms with Crippen molar-refractivity contribution < 1.29 is 9.90 Å². The van der Waals surface area contributed by atoms with Crippen molar-refractivity contribution in [3.05, 3.63) is 6.33 Å². The van der Waals surface area contributed by atoms with Gasteiger partial charge in [-0.3, -0.25) is 4.79 Å². The molecule has 0 amide bonds. The summed E-state index contributed by atoms with van der Waals surface area (Å²) in [6.07, 6.45) is 13.2. The summed E-state index contributed by atoms with van der Waals surface area (Å²) in [5.41, 5.74) is -0.312. The molecule has 4 saturated carbocycles. The standard InChI is InChI=1S/C23H36N4O2/c1-22(29)10-8-16-15(12-22)6-7-18-17(16)9-11-23(2)19(18)4-3-5-20(23)21(28)13-27-14-24-25-26-27/h14-20,29H,3-13H2,1-2H3/t15-,16+,17-,18-,19+,20-,22-,23+/m1/s1. The maximum absolute atomic E-state index is 13.2. The quantitative estimate of drug-likeness (QED) is 0.837. The Morgan fingerprint density at radius 3 is 2.69 bits per heavy atom. The number of carbonyl (C=O) groups is 1. The molecule has 6 heteroatoms. The van der Waals surface area contributed by atoms with Crippen LogP contribution in [0.1, 0.15) is 78.1 Å². The summed E-state index contributed by atoms with van der Waals surface area (Å²) >= 11 is 0. The van der Waals surface area contributed by atoms with Gasteiger partial charge in [-0.15, -0.1) is 5.10 Å². The second-order valence-corrected chi connectivity index (χ2v) is 11.2. The van der Waals surface area contributed by atoms with Crippen LogP contribution in [-0.2, 0) is 11.3 Å². The van der Waals surface area contributed by atoms with Crippen LogP contribution in [0.5, 0.6) is 0 Å². The van der Waals surface area contributed by atoms with Gasteiger partial charge in [-0.25, -0.2) is 4.68 Å². The van der Waals surface area contributed by atoms with Crippen molar-refractivity contribution >= 4 is 5.78 Å². The van der Waals surface area contributed by atoms with Crippen LogP contribution in [-0.4, -0.2) is 36.7 Å². The second-order valence-electron chi connectivity index (χ2n) is 11.2. The van der Waals surface area contributed by atoms with E-state index in [9.17, 15) is 9.90 Å². The zero-order valence-electron chi connectivity index (χ0n) is 18.0. The minimum Gasteiger partial charge on any atom is -0.390 e. The molecule has 0 bridgehead atoms. The third kappa shape index (κ3) is 3.35. The fourth-order valence-electron chi connectivity index (χ4n) is 8.33. The highest BCUT2D eigenvalue weighted by Crippen LogP contribution is 2.63. The molecule has 4 aliphatic carbocycles. The summed E-state index contributed by atoms with van der Waals surface area (Å²) in [5, 5.41) is 21.9. The smallest absolute Gasteiger partial charge is 0.158 e. The van der Waals surface area contributed by atoms with Crippen molar-refractivity contribution in [2.75, 3.05) is 0 Å². The molecule has 0 unspecified atom stereocenters. The number of tetrazole rings is 1. The van der Waals surface area contributed by atoms with Crippen LogP contribution >= 0.6 is 0 Å². The first-order valence-corrected chi connectivity index (χ1v) is 11.8. The summed E-state index contributed by atoms with van der Waals surface area (Å²) in [5.74, 6) is 4.27. The maximum atomic E-state index is 13.2. The largest absolute Gasteiger partial charge is 0.390 e. The Kier molecular flexibility index (Phi) is 4.84. The molecule has 0 spiro atoms. The van der Waals surface area contributed by atoms with Crippen LogP contribution < -0.4 is 0 Å². The van der Waals surface area contributed by atoms with E-state index in [0.29, 0.717) is 24.2 Å². The third-order valence-electron chi connectivity index (χ3n) is 9.58. The Hall–Kier alpha value is -1.30. The molecule has 0 aromatic carbocycles. The monoisotopic (exact) mass is 400 g/mol. The van der Waals surface area contributed by atoms with Crippen LogP contribution in [0.3, 0.4) is 0 Å². The average molecular weight is 401 g/mol. The lowest BCUT2D eigenvalue weighted by molar-refractivity contribution is -0.148. The molecule has 0 radical (unpaired) electrons. The highest BCUT2D eigenvalue weighted by atomic mass is 16.3. The molecule has 6 nitrogen and oxygen atoms in total. The van der Waals surface area contributed by atoms with Gasteiger partial charge in [0.1, 0.15) is 12.9 Å². The van der Waals surface area contributed by atoms with E-state index in [1.165, 1.54) is 44.9 Å². The van der Waals surface area contributed by atoms with E-state index in [0.717, 1.165) is 37.0 Å². The van der Waals surface area contributed by atoms with Gasteiger partial charge in [-0.2, -0.15) is 0 Å². The molecule has 1 aromatic rings. The van der Waals surface area contributed by atoms with Crippen molar-refractivity contribution in [1.29, 1.82) is 0 Å². The number of hydrogen-bond donors (Lipinski definition) is 1. The van der Waals surface area contributed by atoms with Crippen LogP contribution in [0.15, 0.2) is 6.33 Å². The summed E-state index contributed by atoms with van der Waals surface area (Å²) in [4.78, 5) is 13.2. The Balaban J connectivity index is 1.34. The Bertz CT molecular complexity index is 748. The summed E-state index contributed by atoms with van der Waals surface area (Å²) in [6.45, 7) is 4.77. The molecule has 160 valence electrons. The zero-order valence-corrected chi connectivity index (χ0v) is 18.0. The molecule has 1 heterocycles. The third-order valence-corrected chi connectivity index (χ3v) is 9.58. The minimum atomic E-state index is -0.449. The molecule has 1 N–H and O–H groups in total. The van der Waals surface area contributed by atoms with Crippen molar-refractivity contribution in [1.82, 2.24) is 20.2 Å². The van der Waals surface area contributed by atoms with Crippen molar-refractivity contribution in [3.63, 3.8) is 0 Å². The van der Waals surface area contributed by atoms with Gasteiger partial charge >= 0.3 is 0 Å². The lowest BCUT2D eigenvalue weighted by atomic mass is 9.44. The first-order valence-electron chi connectivity index (χ1n) is 11.8. The topological polar surface area (TPSA) is 80.9 Å². The molecule has 1 aromatic heterocycles. The van der Waals surface area contributed by atoms with Gasteiger partial charge in [-0.1, -0.05) is 13.3 Å². The number of hydrogen-bond acceptors (Lipinski definition) is 5. The van der Waals surface area contributed by atoms with E-state index in [1.807, 2.05) is 6.92 Å². The first-order chi connectivity index (χ1) is 13.9. The molecule has 8 atom stereocenters. The fraction of sp³-hybridized carbons (Fsp3) is 0.913. The number of ketones is 1. The van der Waals surface area contributed by atoms with Crippen molar-refractivity contribution in [3.8, 4) is 0 Å². The van der Waals surface area contributed by atoms with Gasteiger partial charge in [0.05, 0.1) is 5.60 Å². The summed E-state index contributed by atoms with van der Waals surface area (Å²) in [6, 6.07) is 0. The Morgan fingerprint density at radius 1 is 1.07 bits per heavy atom. The van der Waals surface area contributed by atoms with E-state index < -0.39 is 5.60 Å². The average Bonchev–Trinajstić information content (AvgIpc) is 3.18. The number of aliphatic hydroxyl groups is 1. The van der Waals surface area contributed by atoms with Gasteiger partial charge < -0.3 is 5.11 Å². The molecular weight excluding hydrogens is 364 g/mol. The highest BCUT2D eigenvalue weighted by molar-refractivity contribution is 5.81. The van der Waals surface area contributed by atoms with Gasteiger partial charge in [-0.05, 0) is 110 Å². The van der Waals surface area contributed by atoms with Crippen molar-refractivity contribution in [2.24, 2.45) is 40.9 Å². The normalized spacial score (nSPS) is 47.0. The first kappa shape index (κ1) is 19.7. The molecule has 0 saturated heterocycles. The summed E-state index contributed by atoms with van der Waals surface area (Å²) in [7, 11) is 0. The van der Waals surface area contributed by atoms with Crippen LogP contribution in [0.2, 0.25) is 0 Å². The summed E-state index contributed by atoms with van der Waals surface area (Å²) < 4.78 is 1.58. The maximum Gasteiger partial charge on any atom is 0.158 e. The minimum absolute atomic E-state index is 0.136. The number of nitrogens with zero attached hydrogens (tertiary/aromatic N) is 4. The van der Waals surface area contributed by atoms with Gasteiger partial charge in [0.15, 0.2) is 5.78 Å². The van der Waals surface area contributed by atoms with Crippen LogP contribution in [0.4, 0.5) is 0 Å². The van der Waals surface area contributed by atoms with E-state index in [-0.39, 0.29) is 11.3 Å². The fourth-order valence-corrected chi connectivity index (χ4v) is 8.33. The second kappa shape index (κ2) is 7.14. The SMILES string of the molecule is C[C@@]1(O)CC[C@H]2[C@H](CC[C@@H]3[C@@H]2CC[C@]2(C)[C@@H](C(=O)Cn4cnnn4)CCC[C@@H]32)C1. The van der Waals surface area contributed by atoms with E-state index in [1.54, 1.807) is 11.0 Å². The molecule has 29 heavy (non-hydrogen) atoms. The van der Waals surface area contributed by atoms with E-state index in [2.05, 4.69) is 22.4 Å². The number of fused-ring (bicyclic) bond motifs is 5. The van der Waals surface area contributed by atoms with Gasteiger partial charge in [0, 0.05) is 5.92 Å². The van der Waals surface area contributed by atoms with Crippen LogP contribution in [0, 0.1) is 40.9 Å².